The predicted molar refractivity (Wildman–Crippen MR) is 86.3 cm³/mol. The molecule has 1 aliphatic rings. The minimum Gasteiger partial charge on any atom is -0.490 e. The molecule has 1 heterocycles. The average Bonchev–Trinajstić information content (AvgIpc) is 3.15. The highest BCUT2D eigenvalue weighted by Crippen LogP contribution is 2.28. The summed E-state index contributed by atoms with van der Waals surface area (Å²) >= 11 is 0. The number of hydrogen-bond acceptors (Lipinski definition) is 7. The van der Waals surface area contributed by atoms with Crippen molar-refractivity contribution in [3.63, 3.8) is 0 Å². The molecule has 2 atom stereocenters. The van der Waals surface area contributed by atoms with Crippen LogP contribution in [0.25, 0.3) is 0 Å². The number of rotatable bonds is 7. The highest BCUT2D eigenvalue weighted by Gasteiger charge is 2.29. The molecule has 0 aromatic heterocycles. The number of carbonyl (C=O) groups is 2. The number of esters is 1. The predicted octanol–water partition coefficient (Wildman–Crippen LogP) is 0.983. The lowest BCUT2D eigenvalue weighted by Gasteiger charge is -2.19. The maximum Gasteiger partial charge on any atom is 0.328 e. The molecule has 1 amide bonds. The number of nitrogens with zero attached hydrogens (tertiary/aromatic N) is 1. The van der Waals surface area contributed by atoms with Gasteiger partial charge in [-0.1, -0.05) is 6.07 Å². The van der Waals surface area contributed by atoms with Crippen LogP contribution in [0.4, 0.5) is 5.69 Å². The second kappa shape index (κ2) is 8.43. The molecule has 2 rings (SSSR count). The van der Waals surface area contributed by atoms with Gasteiger partial charge in [-0.3, -0.25) is 14.9 Å². The summed E-state index contributed by atoms with van der Waals surface area (Å²) in [4.78, 5) is 34.7. The Labute approximate surface area is 144 Å². The zero-order valence-electron chi connectivity index (χ0n) is 14.0. The van der Waals surface area contributed by atoms with Gasteiger partial charge in [0.2, 0.25) is 5.91 Å². The van der Waals surface area contributed by atoms with Crippen molar-refractivity contribution < 1.29 is 28.7 Å². The van der Waals surface area contributed by atoms with Gasteiger partial charge in [0.1, 0.15) is 12.1 Å². The third-order valence-electron chi connectivity index (χ3n) is 3.90. The maximum absolute atomic E-state index is 12.2. The fraction of sp³-hybridized carbons (Fsp3) is 0.500. The number of nitrogens with one attached hydrogen (secondary N) is 1. The van der Waals surface area contributed by atoms with E-state index in [1.807, 2.05) is 0 Å². The van der Waals surface area contributed by atoms with Gasteiger partial charge in [-0.05, 0) is 24.5 Å². The van der Waals surface area contributed by atoms with Crippen LogP contribution >= 0.6 is 0 Å². The third kappa shape index (κ3) is 4.66. The van der Waals surface area contributed by atoms with Crippen LogP contribution in [0.2, 0.25) is 0 Å². The first kappa shape index (κ1) is 18.7. The second-order valence-electron chi connectivity index (χ2n) is 5.55. The van der Waals surface area contributed by atoms with Gasteiger partial charge in [-0.25, -0.2) is 4.79 Å². The number of methoxy groups -OCH3 is 2. The Morgan fingerprint density at radius 3 is 2.76 bits per heavy atom. The molecule has 1 aliphatic heterocycles. The molecule has 1 aromatic carbocycles. The Morgan fingerprint density at radius 2 is 2.20 bits per heavy atom. The van der Waals surface area contributed by atoms with Gasteiger partial charge in [-0.2, -0.15) is 0 Å². The van der Waals surface area contributed by atoms with Crippen molar-refractivity contribution in [3.8, 4) is 5.75 Å². The standard InChI is InChI=1S/C16H20N2O7/c1-23-13-6-5-10(9-12(13)18(21)22)8-11(16(20)24-2)17-15(19)14-4-3-7-25-14/h5-6,9,11,14H,3-4,7-8H2,1-2H3,(H,17,19)/t11-,14+/m1/s1. The fourth-order valence-electron chi connectivity index (χ4n) is 2.63. The maximum atomic E-state index is 12.2. The Morgan fingerprint density at radius 1 is 1.44 bits per heavy atom. The first-order valence-corrected chi connectivity index (χ1v) is 7.77. The van der Waals surface area contributed by atoms with Crippen molar-refractivity contribution in [2.75, 3.05) is 20.8 Å². The summed E-state index contributed by atoms with van der Waals surface area (Å²) in [6, 6.07) is 3.39. The number of nitro groups is 1. The van der Waals surface area contributed by atoms with E-state index in [-0.39, 0.29) is 17.9 Å². The number of hydrogen-bond donors (Lipinski definition) is 1. The number of amides is 1. The van der Waals surface area contributed by atoms with E-state index in [1.165, 1.54) is 26.4 Å². The molecule has 0 spiro atoms. The highest BCUT2D eigenvalue weighted by molar-refractivity contribution is 5.87. The van der Waals surface area contributed by atoms with E-state index < -0.39 is 28.9 Å². The van der Waals surface area contributed by atoms with Crippen molar-refractivity contribution in [3.05, 3.63) is 33.9 Å². The Kier molecular flexibility index (Phi) is 6.29. The summed E-state index contributed by atoms with van der Waals surface area (Å²) in [5.74, 6) is -0.910. The van der Waals surface area contributed by atoms with E-state index in [4.69, 9.17) is 14.2 Å². The lowest BCUT2D eigenvalue weighted by Crippen LogP contribution is -2.47. The normalized spacial score (nSPS) is 17.6. The van der Waals surface area contributed by atoms with Gasteiger partial charge in [-0.15, -0.1) is 0 Å². The first-order chi connectivity index (χ1) is 12.0. The van der Waals surface area contributed by atoms with E-state index in [9.17, 15) is 19.7 Å². The highest BCUT2D eigenvalue weighted by atomic mass is 16.6. The zero-order valence-corrected chi connectivity index (χ0v) is 14.0. The minimum absolute atomic E-state index is 0.0516. The Hall–Kier alpha value is -2.68. The molecular formula is C16H20N2O7. The van der Waals surface area contributed by atoms with E-state index in [0.717, 1.165) is 6.42 Å². The monoisotopic (exact) mass is 352 g/mol. The molecule has 9 nitrogen and oxygen atoms in total. The molecular weight excluding hydrogens is 332 g/mol. The average molecular weight is 352 g/mol. The molecule has 1 N–H and O–H groups in total. The van der Waals surface area contributed by atoms with Crippen LogP contribution in [0, 0.1) is 10.1 Å². The molecule has 1 saturated heterocycles. The van der Waals surface area contributed by atoms with Crippen molar-refractivity contribution in [2.24, 2.45) is 0 Å². The number of ether oxygens (including phenoxy) is 3. The van der Waals surface area contributed by atoms with Crippen molar-refractivity contribution in [1.82, 2.24) is 5.32 Å². The lowest BCUT2D eigenvalue weighted by molar-refractivity contribution is -0.385. The van der Waals surface area contributed by atoms with Crippen molar-refractivity contribution in [2.45, 2.75) is 31.4 Å². The molecule has 0 unspecified atom stereocenters. The Balaban J connectivity index is 2.16. The number of benzene rings is 1. The van der Waals surface area contributed by atoms with Crippen LogP contribution in [0.3, 0.4) is 0 Å². The molecule has 1 fully saturated rings. The smallest absolute Gasteiger partial charge is 0.328 e. The van der Waals surface area contributed by atoms with Gasteiger partial charge in [0, 0.05) is 19.1 Å². The molecule has 0 saturated carbocycles. The minimum atomic E-state index is -0.963. The lowest BCUT2D eigenvalue weighted by atomic mass is 10.0. The zero-order chi connectivity index (χ0) is 18.4. The molecule has 9 heteroatoms. The van der Waals surface area contributed by atoms with E-state index in [2.05, 4.69) is 5.32 Å². The van der Waals surface area contributed by atoms with E-state index in [0.29, 0.717) is 18.6 Å². The largest absolute Gasteiger partial charge is 0.490 e. The molecule has 0 bridgehead atoms. The summed E-state index contributed by atoms with van der Waals surface area (Å²) in [6.45, 7) is 0.506. The number of carbonyl (C=O) groups excluding carboxylic acids is 2. The van der Waals surface area contributed by atoms with Crippen LogP contribution in [-0.2, 0) is 25.5 Å². The van der Waals surface area contributed by atoms with Gasteiger partial charge in [0.05, 0.1) is 19.1 Å². The van der Waals surface area contributed by atoms with Gasteiger partial charge in [0.25, 0.3) is 0 Å². The first-order valence-electron chi connectivity index (χ1n) is 7.77. The fourth-order valence-corrected chi connectivity index (χ4v) is 2.63. The van der Waals surface area contributed by atoms with Crippen LogP contribution in [0.15, 0.2) is 18.2 Å². The van der Waals surface area contributed by atoms with Gasteiger partial charge >= 0.3 is 11.7 Å². The third-order valence-corrected chi connectivity index (χ3v) is 3.90. The van der Waals surface area contributed by atoms with Crippen LogP contribution in [0.5, 0.6) is 5.75 Å². The summed E-state index contributed by atoms with van der Waals surface area (Å²) in [7, 11) is 2.55. The quantitative estimate of drug-likeness (QED) is 0.441. The second-order valence-corrected chi connectivity index (χ2v) is 5.55. The molecule has 25 heavy (non-hydrogen) atoms. The molecule has 0 aliphatic carbocycles. The topological polar surface area (TPSA) is 117 Å². The summed E-state index contributed by atoms with van der Waals surface area (Å²) in [5, 5.41) is 13.7. The van der Waals surface area contributed by atoms with E-state index in [1.54, 1.807) is 6.07 Å². The SMILES string of the molecule is COC(=O)[C@@H](Cc1ccc(OC)c([N+](=O)[O-])c1)NC(=O)[C@@H]1CCCO1. The van der Waals surface area contributed by atoms with Crippen LogP contribution in [-0.4, -0.2) is 49.8 Å². The van der Waals surface area contributed by atoms with Crippen LogP contribution < -0.4 is 10.1 Å². The Bertz CT molecular complexity index is 656. The van der Waals surface area contributed by atoms with Gasteiger partial charge < -0.3 is 19.5 Å². The molecule has 136 valence electrons. The van der Waals surface area contributed by atoms with Gasteiger partial charge in [0.15, 0.2) is 5.75 Å². The summed E-state index contributed by atoms with van der Waals surface area (Å²) in [5.41, 5.74) is 0.282. The molecule has 1 aromatic rings. The molecule has 0 radical (unpaired) electrons. The number of nitro benzene ring substituents is 1. The summed E-state index contributed by atoms with van der Waals surface area (Å²) < 4.78 is 15.0. The van der Waals surface area contributed by atoms with Crippen molar-refractivity contribution >= 4 is 17.6 Å². The van der Waals surface area contributed by atoms with Crippen molar-refractivity contribution in [1.29, 1.82) is 0 Å². The van der Waals surface area contributed by atoms with E-state index >= 15 is 0 Å². The summed E-state index contributed by atoms with van der Waals surface area (Å²) in [6.07, 6.45) is 0.840. The van der Waals surface area contributed by atoms with Crippen LogP contribution in [0.1, 0.15) is 18.4 Å².